The molecule has 1 aliphatic heterocycles. The van der Waals surface area contributed by atoms with Gasteiger partial charge in [0, 0.05) is 46.2 Å². The smallest absolute Gasteiger partial charge is 0.387 e. The van der Waals surface area contributed by atoms with Gasteiger partial charge < -0.3 is 9.64 Å². The Balaban J connectivity index is 1.67. The maximum absolute atomic E-state index is 12.6. The number of fused-ring (bicyclic) bond motifs is 2. The van der Waals surface area contributed by atoms with Crippen molar-refractivity contribution in [3.63, 3.8) is 0 Å². The summed E-state index contributed by atoms with van der Waals surface area (Å²) in [5.41, 5.74) is 4.10. The molecule has 0 spiro atoms. The van der Waals surface area contributed by atoms with Crippen LogP contribution in [0.3, 0.4) is 0 Å². The Hall–Kier alpha value is -3.78. The van der Waals surface area contributed by atoms with E-state index in [-0.39, 0.29) is 5.75 Å². The van der Waals surface area contributed by atoms with Crippen molar-refractivity contribution >= 4 is 40.1 Å². The number of rotatable bonds is 5. The molecule has 0 bridgehead atoms. The standard InChI is InChI=1S/C25H18F2N4OS/c1-15-22(16-5-8-20(9-6-16)32-24(26)27)23-18(13-29-25(30-23)33-2)14-31(15)19-7-10-21-17(12-19)4-3-11-28-21/h3-14,24H,1H2,2H3. The molecule has 0 atom stereocenters. The summed E-state index contributed by atoms with van der Waals surface area (Å²) >= 11 is 1.44. The summed E-state index contributed by atoms with van der Waals surface area (Å²) in [6, 6.07) is 16.4. The summed E-state index contributed by atoms with van der Waals surface area (Å²) < 4.78 is 29.7. The first kappa shape index (κ1) is 21.1. The van der Waals surface area contributed by atoms with E-state index >= 15 is 0 Å². The normalized spacial score (nSPS) is 13.3. The number of benzene rings is 2. The molecule has 0 radical (unpaired) electrons. The van der Waals surface area contributed by atoms with E-state index in [0.29, 0.717) is 10.9 Å². The molecule has 5 nitrogen and oxygen atoms in total. The largest absolute Gasteiger partial charge is 0.435 e. The molecule has 2 aromatic carbocycles. The number of hydrogen-bond acceptors (Lipinski definition) is 6. The van der Waals surface area contributed by atoms with Crippen LogP contribution >= 0.6 is 11.8 Å². The Bertz CT molecular complexity index is 1490. The summed E-state index contributed by atoms with van der Waals surface area (Å²) in [4.78, 5) is 15.5. The van der Waals surface area contributed by atoms with Crippen molar-refractivity contribution in [3.8, 4) is 5.75 Å². The number of halogens is 2. The lowest BCUT2D eigenvalue weighted by Gasteiger charge is -2.28. The molecule has 0 fully saturated rings. The SMILES string of the molecule is C=C1C(c2ccc(OC(F)F)cc2)=c2nc(SC)ncc2=CN1c1ccc2ncccc2c1. The van der Waals surface area contributed by atoms with Crippen molar-refractivity contribution in [2.75, 3.05) is 11.2 Å². The molecule has 8 heteroatoms. The number of nitrogens with zero attached hydrogens (tertiary/aromatic N) is 4. The Morgan fingerprint density at radius 2 is 1.88 bits per heavy atom. The molecule has 0 saturated carbocycles. The summed E-state index contributed by atoms with van der Waals surface area (Å²) in [5, 5.41) is 3.20. The van der Waals surface area contributed by atoms with E-state index in [1.807, 2.05) is 47.7 Å². The number of allylic oxidation sites excluding steroid dienone is 1. The van der Waals surface area contributed by atoms with Crippen LogP contribution in [-0.4, -0.2) is 27.8 Å². The van der Waals surface area contributed by atoms with Gasteiger partial charge in [-0.15, -0.1) is 0 Å². The van der Waals surface area contributed by atoms with Gasteiger partial charge in [0.05, 0.1) is 10.9 Å². The third-order valence-electron chi connectivity index (χ3n) is 5.29. The molecule has 0 N–H and O–H groups in total. The first-order chi connectivity index (χ1) is 16.0. The fourth-order valence-electron chi connectivity index (χ4n) is 3.79. The molecule has 33 heavy (non-hydrogen) atoms. The highest BCUT2D eigenvalue weighted by Gasteiger charge is 2.21. The Morgan fingerprint density at radius 3 is 2.64 bits per heavy atom. The number of anilines is 1. The van der Waals surface area contributed by atoms with Gasteiger partial charge in [-0.3, -0.25) is 4.98 Å². The lowest BCUT2D eigenvalue weighted by molar-refractivity contribution is -0.0498. The van der Waals surface area contributed by atoms with Gasteiger partial charge in [0.2, 0.25) is 0 Å². The van der Waals surface area contributed by atoms with Crippen LogP contribution in [0.1, 0.15) is 5.56 Å². The van der Waals surface area contributed by atoms with Crippen molar-refractivity contribution in [3.05, 3.63) is 95.4 Å². The Labute approximate surface area is 192 Å². The van der Waals surface area contributed by atoms with E-state index < -0.39 is 6.61 Å². The molecule has 0 unspecified atom stereocenters. The van der Waals surface area contributed by atoms with Gasteiger partial charge in [-0.2, -0.15) is 8.78 Å². The van der Waals surface area contributed by atoms with Crippen LogP contribution in [0.25, 0.3) is 22.7 Å². The maximum atomic E-state index is 12.6. The predicted octanol–water partition coefficient (Wildman–Crippen LogP) is 4.32. The quantitative estimate of drug-likeness (QED) is 0.327. The van der Waals surface area contributed by atoms with Gasteiger partial charge in [0.15, 0.2) is 5.16 Å². The Kier molecular flexibility index (Phi) is 5.51. The molecule has 164 valence electrons. The number of alkyl halides is 2. The highest BCUT2D eigenvalue weighted by Crippen LogP contribution is 2.31. The van der Waals surface area contributed by atoms with E-state index in [0.717, 1.165) is 38.3 Å². The number of aromatic nitrogens is 3. The van der Waals surface area contributed by atoms with E-state index in [1.165, 1.54) is 23.9 Å². The summed E-state index contributed by atoms with van der Waals surface area (Å²) in [6.07, 6.45) is 7.41. The van der Waals surface area contributed by atoms with Crippen LogP contribution in [0, 0.1) is 0 Å². The lowest BCUT2D eigenvalue weighted by atomic mass is 9.98. The van der Waals surface area contributed by atoms with Gasteiger partial charge in [-0.05, 0) is 48.2 Å². The van der Waals surface area contributed by atoms with Gasteiger partial charge in [0.1, 0.15) is 5.75 Å². The van der Waals surface area contributed by atoms with Gasteiger partial charge in [-0.25, -0.2) is 9.97 Å². The predicted molar refractivity (Wildman–Crippen MR) is 126 cm³/mol. The zero-order valence-electron chi connectivity index (χ0n) is 17.6. The number of hydrogen-bond donors (Lipinski definition) is 0. The van der Waals surface area contributed by atoms with Crippen LogP contribution in [-0.2, 0) is 0 Å². The van der Waals surface area contributed by atoms with Crippen molar-refractivity contribution in [2.45, 2.75) is 11.8 Å². The lowest BCUT2D eigenvalue weighted by Crippen LogP contribution is -2.40. The highest BCUT2D eigenvalue weighted by atomic mass is 32.2. The van der Waals surface area contributed by atoms with E-state index in [4.69, 9.17) is 4.98 Å². The summed E-state index contributed by atoms with van der Waals surface area (Å²) in [7, 11) is 0. The molecule has 4 aromatic rings. The molecule has 0 amide bonds. The minimum atomic E-state index is -2.88. The zero-order valence-corrected chi connectivity index (χ0v) is 18.4. The fourth-order valence-corrected chi connectivity index (χ4v) is 4.13. The molecule has 0 aliphatic carbocycles. The number of thioether (sulfide) groups is 1. The molecule has 2 aromatic heterocycles. The van der Waals surface area contributed by atoms with Gasteiger partial charge in [-0.1, -0.05) is 36.5 Å². The van der Waals surface area contributed by atoms with E-state index in [2.05, 4.69) is 21.3 Å². The van der Waals surface area contributed by atoms with Gasteiger partial charge in [0.25, 0.3) is 0 Å². The Morgan fingerprint density at radius 1 is 1.06 bits per heavy atom. The average molecular weight is 461 g/mol. The maximum Gasteiger partial charge on any atom is 0.387 e. The van der Waals surface area contributed by atoms with Gasteiger partial charge >= 0.3 is 6.61 Å². The van der Waals surface area contributed by atoms with Crippen molar-refractivity contribution in [1.82, 2.24) is 15.0 Å². The molecular weight excluding hydrogens is 442 g/mol. The second kappa shape index (κ2) is 8.63. The minimum Gasteiger partial charge on any atom is -0.435 e. The first-order valence-electron chi connectivity index (χ1n) is 10.1. The monoisotopic (exact) mass is 460 g/mol. The van der Waals surface area contributed by atoms with Crippen molar-refractivity contribution in [2.24, 2.45) is 0 Å². The second-order valence-electron chi connectivity index (χ2n) is 7.26. The third kappa shape index (κ3) is 4.05. The van der Waals surface area contributed by atoms with E-state index in [9.17, 15) is 8.78 Å². The highest BCUT2D eigenvalue weighted by molar-refractivity contribution is 7.98. The number of pyridine rings is 1. The van der Waals surface area contributed by atoms with Crippen LogP contribution in [0.4, 0.5) is 14.5 Å². The van der Waals surface area contributed by atoms with Crippen molar-refractivity contribution < 1.29 is 13.5 Å². The molecule has 3 heterocycles. The van der Waals surface area contributed by atoms with Crippen LogP contribution in [0.2, 0.25) is 0 Å². The molecule has 0 saturated heterocycles. The fraction of sp³-hybridized carbons (Fsp3) is 0.0800. The summed E-state index contributed by atoms with van der Waals surface area (Å²) in [6.45, 7) is 1.48. The first-order valence-corrected chi connectivity index (χ1v) is 11.3. The van der Waals surface area contributed by atoms with Crippen LogP contribution in [0.15, 0.2) is 84.4 Å². The minimum absolute atomic E-state index is 0.0916. The van der Waals surface area contributed by atoms with Crippen LogP contribution < -0.4 is 20.2 Å². The molecular formula is C25H18F2N4OS. The summed E-state index contributed by atoms with van der Waals surface area (Å²) in [5.74, 6) is 0.0916. The molecule has 1 aliphatic rings. The topological polar surface area (TPSA) is 51.1 Å². The zero-order chi connectivity index (χ0) is 22.9. The average Bonchev–Trinajstić information content (AvgIpc) is 2.83. The third-order valence-corrected chi connectivity index (χ3v) is 5.86. The van der Waals surface area contributed by atoms with E-state index in [1.54, 1.807) is 24.5 Å². The van der Waals surface area contributed by atoms with Crippen LogP contribution in [0.5, 0.6) is 5.75 Å². The second-order valence-corrected chi connectivity index (χ2v) is 8.04. The number of ether oxygens (including phenoxy) is 1. The van der Waals surface area contributed by atoms with Crippen molar-refractivity contribution in [1.29, 1.82) is 0 Å². The molecule has 5 rings (SSSR count).